The zero-order valence-corrected chi connectivity index (χ0v) is 25.1. The maximum atomic E-state index is 14.0. The van der Waals surface area contributed by atoms with Gasteiger partial charge in [0.25, 0.3) is 5.91 Å². The average molecular weight is 566 g/mol. The first-order chi connectivity index (χ1) is 19.6. The van der Waals surface area contributed by atoms with Crippen LogP contribution in [-0.2, 0) is 9.53 Å². The number of nitrogens with one attached hydrogen (secondary N) is 1. The van der Waals surface area contributed by atoms with Crippen molar-refractivity contribution in [2.45, 2.75) is 45.7 Å². The molecule has 10 nitrogen and oxygen atoms in total. The van der Waals surface area contributed by atoms with Crippen LogP contribution in [0.15, 0.2) is 47.6 Å². The van der Waals surface area contributed by atoms with Crippen molar-refractivity contribution in [3.05, 3.63) is 59.2 Å². The van der Waals surface area contributed by atoms with Gasteiger partial charge in [-0.2, -0.15) is 5.10 Å². The summed E-state index contributed by atoms with van der Waals surface area (Å²) in [7, 11) is 3.21. The minimum Gasteiger partial charge on any atom is -0.497 e. The van der Waals surface area contributed by atoms with Gasteiger partial charge in [-0.05, 0) is 45.4 Å². The Morgan fingerprint density at radius 1 is 1.07 bits per heavy atom. The van der Waals surface area contributed by atoms with E-state index in [1.807, 2.05) is 70.2 Å². The molecule has 0 unspecified atom stereocenters. The molecule has 0 aliphatic carbocycles. The molecule has 3 amide bonds. The number of hydrazone groups is 1. The fourth-order valence-electron chi connectivity index (χ4n) is 4.96. The van der Waals surface area contributed by atoms with Crippen LogP contribution in [0.2, 0.25) is 0 Å². The molecule has 1 atom stereocenters. The lowest BCUT2D eigenvalue weighted by Gasteiger charge is -2.32. The second-order valence-corrected chi connectivity index (χ2v) is 11.5. The van der Waals surface area contributed by atoms with Crippen molar-refractivity contribution < 1.29 is 23.8 Å². The van der Waals surface area contributed by atoms with E-state index in [0.717, 1.165) is 35.5 Å². The standard InChI is InChI=1S/C31H43N5O5/c1-22-7-9-23(10-8-22)27-20-26(25-12-11-24(39-5)19-28(25)40-6)33-36(27)29(37)21-35(30(38)32-31(2,3)4)14-13-34-15-17-41-18-16-34/h7-12,19,27H,13-18,20-21H2,1-6H3,(H,32,38)/t27-/m1/s1. The third kappa shape index (κ3) is 7.98. The highest BCUT2D eigenvalue weighted by atomic mass is 16.5. The maximum absolute atomic E-state index is 14.0. The van der Waals surface area contributed by atoms with Gasteiger partial charge < -0.3 is 24.4 Å². The first kappa shape index (κ1) is 30.3. The molecule has 0 spiro atoms. The van der Waals surface area contributed by atoms with Gasteiger partial charge in [0, 0.05) is 49.8 Å². The summed E-state index contributed by atoms with van der Waals surface area (Å²) in [5, 5.41) is 9.39. The highest BCUT2D eigenvalue weighted by molar-refractivity contribution is 6.05. The van der Waals surface area contributed by atoms with Crippen molar-refractivity contribution in [1.29, 1.82) is 0 Å². The number of morpholine rings is 1. The summed E-state index contributed by atoms with van der Waals surface area (Å²) < 4.78 is 16.5. The molecule has 4 rings (SSSR count). The Morgan fingerprint density at radius 2 is 1.78 bits per heavy atom. The summed E-state index contributed by atoms with van der Waals surface area (Å²) in [6.45, 7) is 11.8. The minimum absolute atomic E-state index is 0.0921. The SMILES string of the molecule is COc1ccc(C2=NN(C(=O)CN(CCN3CCOCC3)C(=O)NC(C)(C)C)[C@@H](c3ccc(C)cc3)C2)c(OC)c1. The molecule has 2 heterocycles. The Hall–Kier alpha value is -3.63. The zero-order valence-electron chi connectivity index (χ0n) is 25.1. The molecular formula is C31H43N5O5. The molecule has 2 aromatic rings. The number of amides is 3. The summed E-state index contributed by atoms with van der Waals surface area (Å²) in [6.07, 6.45) is 0.513. The highest BCUT2D eigenvalue weighted by Crippen LogP contribution is 2.36. The number of methoxy groups -OCH3 is 2. The number of ether oxygens (including phenoxy) is 3. The summed E-state index contributed by atoms with van der Waals surface area (Å²) in [6, 6.07) is 13.1. The van der Waals surface area contributed by atoms with Gasteiger partial charge in [0.15, 0.2) is 0 Å². The molecule has 0 radical (unpaired) electrons. The van der Waals surface area contributed by atoms with Crippen molar-refractivity contribution in [3.63, 3.8) is 0 Å². The summed E-state index contributed by atoms with van der Waals surface area (Å²) in [5.41, 5.74) is 3.22. The van der Waals surface area contributed by atoms with Crippen LogP contribution in [0.3, 0.4) is 0 Å². The van der Waals surface area contributed by atoms with Gasteiger partial charge >= 0.3 is 6.03 Å². The lowest BCUT2D eigenvalue weighted by molar-refractivity contribution is -0.133. The molecule has 1 fully saturated rings. The van der Waals surface area contributed by atoms with E-state index < -0.39 is 5.54 Å². The number of rotatable bonds is 9. The zero-order chi connectivity index (χ0) is 29.6. The van der Waals surface area contributed by atoms with Crippen LogP contribution in [0.1, 0.15) is 49.9 Å². The van der Waals surface area contributed by atoms with Gasteiger partial charge in [-0.3, -0.25) is 9.69 Å². The summed E-state index contributed by atoms with van der Waals surface area (Å²) >= 11 is 0. The predicted molar refractivity (Wildman–Crippen MR) is 159 cm³/mol. The van der Waals surface area contributed by atoms with Crippen molar-refractivity contribution in [2.75, 3.05) is 60.2 Å². The van der Waals surface area contributed by atoms with Crippen LogP contribution < -0.4 is 14.8 Å². The molecule has 222 valence electrons. The fourth-order valence-corrected chi connectivity index (χ4v) is 4.96. The largest absolute Gasteiger partial charge is 0.497 e. The van der Waals surface area contributed by atoms with E-state index in [1.165, 1.54) is 5.01 Å². The number of urea groups is 1. The van der Waals surface area contributed by atoms with Crippen LogP contribution in [0.5, 0.6) is 11.5 Å². The highest BCUT2D eigenvalue weighted by Gasteiger charge is 2.35. The Kier molecular flexibility index (Phi) is 9.88. The van der Waals surface area contributed by atoms with Gasteiger partial charge in [-0.1, -0.05) is 29.8 Å². The van der Waals surface area contributed by atoms with E-state index >= 15 is 0 Å². The van der Waals surface area contributed by atoms with Crippen molar-refractivity contribution in [1.82, 2.24) is 20.1 Å². The minimum atomic E-state index is -0.439. The van der Waals surface area contributed by atoms with E-state index in [0.29, 0.717) is 44.2 Å². The van der Waals surface area contributed by atoms with E-state index in [-0.39, 0.29) is 24.5 Å². The lowest BCUT2D eigenvalue weighted by Crippen LogP contribution is -2.53. The third-order valence-corrected chi connectivity index (χ3v) is 7.23. The van der Waals surface area contributed by atoms with Crippen LogP contribution >= 0.6 is 0 Å². The van der Waals surface area contributed by atoms with Gasteiger partial charge in [0.2, 0.25) is 0 Å². The second-order valence-electron chi connectivity index (χ2n) is 11.5. The lowest BCUT2D eigenvalue weighted by atomic mass is 9.97. The maximum Gasteiger partial charge on any atom is 0.318 e. The monoisotopic (exact) mass is 565 g/mol. The number of carbonyl (C=O) groups excluding carboxylic acids is 2. The second kappa shape index (κ2) is 13.4. The van der Waals surface area contributed by atoms with Gasteiger partial charge in [-0.15, -0.1) is 0 Å². The number of benzene rings is 2. The molecule has 10 heteroatoms. The normalized spacial score (nSPS) is 17.7. The third-order valence-electron chi connectivity index (χ3n) is 7.23. The number of hydrogen-bond donors (Lipinski definition) is 1. The quantitative estimate of drug-likeness (QED) is 0.497. The van der Waals surface area contributed by atoms with E-state index in [2.05, 4.69) is 10.2 Å². The molecule has 1 N–H and O–H groups in total. The smallest absolute Gasteiger partial charge is 0.318 e. The van der Waals surface area contributed by atoms with Crippen LogP contribution in [0.25, 0.3) is 0 Å². The Labute approximate surface area is 243 Å². The fraction of sp³-hybridized carbons (Fsp3) is 0.516. The first-order valence-corrected chi connectivity index (χ1v) is 14.1. The Morgan fingerprint density at radius 3 is 2.41 bits per heavy atom. The molecule has 41 heavy (non-hydrogen) atoms. The van der Waals surface area contributed by atoms with Crippen molar-refractivity contribution >= 4 is 17.6 Å². The molecule has 0 saturated carbocycles. The number of hydrogen-bond acceptors (Lipinski definition) is 7. The van der Waals surface area contributed by atoms with E-state index in [1.54, 1.807) is 19.1 Å². The molecule has 0 bridgehead atoms. The predicted octanol–water partition coefficient (Wildman–Crippen LogP) is 3.83. The van der Waals surface area contributed by atoms with Crippen molar-refractivity contribution in [3.8, 4) is 11.5 Å². The summed E-state index contributed by atoms with van der Waals surface area (Å²) in [5.74, 6) is 1.05. The molecular weight excluding hydrogens is 522 g/mol. The number of carbonyl (C=O) groups is 2. The van der Waals surface area contributed by atoms with Crippen LogP contribution in [0, 0.1) is 6.92 Å². The van der Waals surface area contributed by atoms with Gasteiger partial charge in [-0.25, -0.2) is 9.80 Å². The van der Waals surface area contributed by atoms with E-state index in [9.17, 15) is 9.59 Å². The Balaban J connectivity index is 1.61. The van der Waals surface area contributed by atoms with Gasteiger partial charge in [0.05, 0.1) is 39.2 Å². The van der Waals surface area contributed by atoms with Crippen LogP contribution in [0.4, 0.5) is 4.79 Å². The topological polar surface area (TPSA) is 95.9 Å². The summed E-state index contributed by atoms with van der Waals surface area (Å²) in [4.78, 5) is 31.2. The molecule has 1 saturated heterocycles. The molecule has 2 aromatic carbocycles. The molecule has 0 aromatic heterocycles. The molecule has 2 aliphatic heterocycles. The van der Waals surface area contributed by atoms with Crippen molar-refractivity contribution in [2.24, 2.45) is 5.10 Å². The Bertz CT molecular complexity index is 1230. The average Bonchev–Trinajstić information content (AvgIpc) is 3.40. The van der Waals surface area contributed by atoms with Gasteiger partial charge in [0.1, 0.15) is 18.0 Å². The van der Waals surface area contributed by atoms with Crippen LogP contribution in [-0.4, -0.2) is 98.2 Å². The first-order valence-electron chi connectivity index (χ1n) is 14.1. The van der Waals surface area contributed by atoms with E-state index in [4.69, 9.17) is 19.3 Å². The number of aryl methyl sites for hydroxylation is 1. The molecule has 2 aliphatic rings. The number of nitrogens with zero attached hydrogens (tertiary/aromatic N) is 4.